The zero-order valence-corrected chi connectivity index (χ0v) is 12.0. The molecule has 1 fully saturated rings. The van der Waals surface area contributed by atoms with E-state index in [4.69, 9.17) is 11.6 Å². The van der Waals surface area contributed by atoms with Crippen LogP contribution in [0.2, 0.25) is 5.02 Å². The SMILES string of the molecule is Cc1cc(Cl)c(C(=O)NC2CCCCC2C(=O)O)cn1. The molecule has 0 bridgehead atoms. The number of rotatable bonds is 3. The lowest BCUT2D eigenvalue weighted by atomic mass is 9.84. The second-order valence-corrected chi connectivity index (χ2v) is 5.52. The molecule has 0 aromatic carbocycles. The third kappa shape index (κ3) is 3.28. The smallest absolute Gasteiger partial charge is 0.308 e. The summed E-state index contributed by atoms with van der Waals surface area (Å²) in [6, 6.07) is 1.28. The van der Waals surface area contributed by atoms with E-state index in [9.17, 15) is 14.7 Å². The highest BCUT2D eigenvalue weighted by Crippen LogP contribution is 2.25. The first-order valence-corrected chi connectivity index (χ1v) is 7.02. The Bertz CT molecular complexity index is 533. The number of nitrogens with one attached hydrogen (secondary N) is 1. The third-order valence-electron chi connectivity index (χ3n) is 3.63. The molecule has 1 aliphatic rings. The number of carbonyl (C=O) groups is 2. The van der Waals surface area contributed by atoms with Crippen LogP contribution in [-0.2, 0) is 4.79 Å². The molecule has 1 amide bonds. The van der Waals surface area contributed by atoms with Gasteiger partial charge >= 0.3 is 5.97 Å². The maximum atomic E-state index is 12.2. The quantitative estimate of drug-likeness (QED) is 0.898. The molecule has 0 radical (unpaired) electrons. The van der Waals surface area contributed by atoms with Gasteiger partial charge in [0.2, 0.25) is 0 Å². The number of carboxylic acid groups (broad SMARTS) is 1. The van der Waals surface area contributed by atoms with Crippen LogP contribution in [-0.4, -0.2) is 28.0 Å². The molecular formula is C14H17ClN2O3. The Hall–Kier alpha value is -1.62. The molecule has 1 saturated carbocycles. The number of aromatic nitrogens is 1. The van der Waals surface area contributed by atoms with Crippen LogP contribution in [0.1, 0.15) is 41.7 Å². The minimum Gasteiger partial charge on any atom is -0.481 e. The number of pyridine rings is 1. The van der Waals surface area contributed by atoms with E-state index in [1.165, 1.54) is 6.20 Å². The van der Waals surface area contributed by atoms with Crippen molar-refractivity contribution in [2.24, 2.45) is 5.92 Å². The number of aliphatic carboxylic acids is 1. The van der Waals surface area contributed by atoms with E-state index in [0.29, 0.717) is 17.9 Å². The van der Waals surface area contributed by atoms with Crippen molar-refractivity contribution in [1.29, 1.82) is 0 Å². The summed E-state index contributed by atoms with van der Waals surface area (Å²) < 4.78 is 0. The lowest BCUT2D eigenvalue weighted by molar-refractivity contribution is -0.143. The van der Waals surface area contributed by atoms with Crippen LogP contribution in [0.5, 0.6) is 0 Å². The molecule has 0 spiro atoms. The number of carboxylic acids is 1. The standard InChI is InChI=1S/C14H17ClN2O3/c1-8-6-11(15)10(7-16-8)13(18)17-12-5-3-2-4-9(12)14(19)20/h6-7,9,12H,2-5H2,1H3,(H,17,18)(H,19,20). The minimum absolute atomic E-state index is 0.284. The van der Waals surface area contributed by atoms with Crippen molar-refractivity contribution in [3.05, 3.63) is 28.5 Å². The number of amides is 1. The Morgan fingerprint density at radius 1 is 1.40 bits per heavy atom. The Kier molecular flexibility index (Phi) is 4.60. The van der Waals surface area contributed by atoms with Gasteiger partial charge in [0, 0.05) is 17.9 Å². The number of nitrogens with zero attached hydrogens (tertiary/aromatic N) is 1. The maximum Gasteiger partial charge on any atom is 0.308 e. The fraction of sp³-hybridized carbons (Fsp3) is 0.500. The highest BCUT2D eigenvalue weighted by atomic mass is 35.5. The number of hydrogen-bond acceptors (Lipinski definition) is 3. The Balaban J connectivity index is 2.11. The van der Waals surface area contributed by atoms with Crippen LogP contribution in [0.15, 0.2) is 12.3 Å². The van der Waals surface area contributed by atoms with Gasteiger partial charge in [0.15, 0.2) is 0 Å². The molecule has 2 N–H and O–H groups in total. The van der Waals surface area contributed by atoms with Gasteiger partial charge < -0.3 is 10.4 Å². The van der Waals surface area contributed by atoms with Crippen LogP contribution >= 0.6 is 11.6 Å². The first-order valence-electron chi connectivity index (χ1n) is 6.65. The molecule has 2 rings (SSSR count). The molecule has 0 aliphatic heterocycles. The van der Waals surface area contributed by atoms with Crippen molar-refractivity contribution in [3.8, 4) is 0 Å². The number of hydrogen-bond donors (Lipinski definition) is 2. The molecule has 0 saturated heterocycles. The average molecular weight is 297 g/mol. The van der Waals surface area contributed by atoms with Crippen LogP contribution in [0, 0.1) is 12.8 Å². The Morgan fingerprint density at radius 2 is 2.10 bits per heavy atom. The lowest BCUT2D eigenvalue weighted by Crippen LogP contribution is -2.45. The zero-order chi connectivity index (χ0) is 14.7. The van der Waals surface area contributed by atoms with Crippen LogP contribution in [0.25, 0.3) is 0 Å². The summed E-state index contributed by atoms with van der Waals surface area (Å²) in [6.45, 7) is 1.79. The topological polar surface area (TPSA) is 79.3 Å². The van der Waals surface area contributed by atoms with Crippen LogP contribution < -0.4 is 5.32 Å². The first kappa shape index (κ1) is 14.8. The summed E-state index contributed by atoms with van der Waals surface area (Å²) in [4.78, 5) is 27.4. The van der Waals surface area contributed by atoms with Gasteiger partial charge in [-0.05, 0) is 25.8 Å². The molecule has 1 aromatic heterocycles. The highest BCUT2D eigenvalue weighted by Gasteiger charge is 2.32. The van der Waals surface area contributed by atoms with Crippen molar-refractivity contribution in [2.75, 3.05) is 0 Å². The predicted molar refractivity (Wildman–Crippen MR) is 74.8 cm³/mol. The van der Waals surface area contributed by atoms with E-state index < -0.39 is 11.9 Å². The largest absolute Gasteiger partial charge is 0.481 e. The summed E-state index contributed by atoms with van der Waals surface area (Å²) in [7, 11) is 0. The number of carbonyl (C=O) groups excluding carboxylic acids is 1. The molecule has 1 aliphatic carbocycles. The van der Waals surface area contributed by atoms with Gasteiger partial charge in [0.1, 0.15) is 0 Å². The van der Waals surface area contributed by atoms with Gasteiger partial charge in [0.25, 0.3) is 5.91 Å². The maximum absolute atomic E-state index is 12.2. The van der Waals surface area contributed by atoms with Gasteiger partial charge in [0.05, 0.1) is 16.5 Å². The summed E-state index contributed by atoms with van der Waals surface area (Å²) in [5.41, 5.74) is 1.01. The van der Waals surface area contributed by atoms with Crippen molar-refractivity contribution < 1.29 is 14.7 Å². The molecular weight excluding hydrogens is 280 g/mol. The Morgan fingerprint density at radius 3 is 2.75 bits per heavy atom. The van der Waals surface area contributed by atoms with Crippen LogP contribution in [0.4, 0.5) is 0 Å². The molecule has 1 aromatic rings. The lowest BCUT2D eigenvalue weighted by Gasteiger charge is -2.29. The van der Waals surface area contributed by atoms with E-state index >= 15 is 0 Å². The zero-order valence-electron chi connectivity index (χ0n) is 11.2. The van der Waals surface area contributed by atoms with Crippen molar-refractivity contribution >= 4 is 23.5 Å². The number of halogens is 1. The normalized spacial score (nSPS) is 22.3. The average Bonchev–Trinajstić information content (AvgIpc) is 2.38. The van der Waals surface area contributed by atoms with Gasteiger partial charge in [-0.15, -0.1) is 0 Å². The molecule has 20 heavy (non-hydrogen) atoms. The van der Waals surface area contributed by atoms with Gasteiger partial charge in [-0.25, -0.2) is 0 Å². The first-order chi connectivity index (χ1) is 9.49. The molecule has 6 heteroatoms. The molecule has 108 valence electrons. The number of aryl methyl sites for hydroxylation is 1. The van der Waals surface area contributed by atoms with Gasteiger partial charge in [-0.1, -0.05) is 24.4 Å². The molecule has 2 atom stereocenters. The highest BCUT2D eigenvalue weighted by molar-refractivity contribution is 6.33. The van der Waals surface area contributed by atoms with E-state index in [2.05, 4.69) is 10.3 Å². The minimum atomic E-state index is -0.858. The van der Waals surface area contributed by atoms with Gasteiger partial charge in [-0.3, -0.25) is 14.6 Å². The van der Waals surface area contributed by atoms with E-state index in [1.54, 1.807) is 13.0 Å². The fourth-order valence-electron chi connectivity index (χ4n) is 2.54. The monoisotopic (exact) mass is 296 g/mol. The van der Waals surface area contributed by atoms with Gasteiger partial charge in [-0.2, -0.15) is 0 Å². The third-order valence-corrected chi connectivity index (χ3v) is 3.95. The van der Waals surface area contributed by atoms with Crippen molar-refractivity contribution in [2.45, 2.75) is 38.6 Å². The van der Waals surface area contributed by atoms with Crippen molar-refractivity contribution in [3.63, 3.8) is 0 Å². The van der Waals surface area contributed by atoms with E-state index in [0.717, 1.165) is 18.5 Å². The summed E-state index contributed by atoms with van der Waals surface area (Å²) in [5.74, 6) is -1.74. The second-order valence-electron chi connectivity index (χ2n) is 5.11. The van der Waals surface area contributed by atoms with Crippen molar-refractivity contribution in [1.82, 2.24) is 10.3 Å². The summed E-state index contributed by atoms with van der Waals surface area (Å²) in [5, 5.41) is 12.3. The van der Waals surface area contributed by atoms with E-state index in [1.807, 2.05) is 0 Å². The molecule has 5 nitrogen and oxygen atoms in total. The second kappa shape index (κ2) is 6.22. The molecule has 2 unspecified atom stereocenters. The van der Waals surface area contributed by atoms with E-state index in [-0.39, 0.29) is 17.5 Å². The van der Waals surface area contributed by atoms with Crippen LogP contribution in [0.3, 0.4) is 0 Å². The predicted octanol–water partition coefficient (Wildman–Crippen LogP) is 2.42. The summed E-state index contributed by atoms with van der Waals surface area (Å²) >= 11 is 6.02. The Labute approximate surface area is 122 Å². The summed E-state index contributed by atoms with van der Waals surface area (Å²) in [6.07, 6.45) is 4.51. The molecule has 1 heterocycles. The fourth-order valence-corrected chi connectivity index (χ4v) is 2.83.